The minimum Gasteiger partial charge on any atom is -0.449 e. The number of nitrogens with zero attached hydrogens (tertiary/aromatic N) is 1. The van der Waals surface area contributed by atoms with E-state index >= 15 is 0 Å². The molecule has 2 aromatic carbocycles. The second-order valence-corrected chi connectivity index (χ2v) is 4.74. The molecule has 108 valence electrons. The number of aryl methyl sites for hydroxylation is 2. The van der Waals surface area contributed by atoms with E-state index in [-0.39, 0.29) is 17.3 Å². The van der Waals surface area contributed by atoms with Crippen molar-refractivity contribution >= 4 is 11.5 Å². The fourth-order valence-corrected chi connectivity index (χ4v) is 1.92. The Morgan fingerprint density at radius 2 is 1.76 bits per heavy atom. The Labute approximate surface area is 121 Å². The van der Waals surface area contributed by atoms with Gasteiger partial charge in [0.15, 0.2) is 0 Å². The minimum atomic E-state index is -0.504. The molecule has 0 aliphatic heterocycles. The summed E-state index contributed by atoms with van der Waals surface area (Å²) in [5.41, 5.74) is 7.58. The third-order valence-electron chi connectivity index (χ3n) is 2.96. The lowest BCUT2D eigenvalue weighted by atomic mass is 10.1. The molecule has 2 rings (SSSR count). The Balaban J connectivity index is 2.50. The van der Waals surface area contributed by atoms with E-state index in [4.69, 9.17) is 15.9 Å². The number of nitrogens with two attached hydrogens (primary N) is 1. The average Bonchev–Trinajstić information content (AvgIpc) is 2.40. The predicted molar refractivity (Wildman–Crippen MR) is 80.1 cm³/mol. The van der Waals surface area contributed by atoms with Gasteiger partial charge in [0, 0.05) is 6.07 Å². The molecule has 0 spiro atoms. The summed E-state index contributed by atoms with van der Waals surface area (Å²) in [7, 11) is 0. The van der Waals surface area contributed by atoms with Crippen LogP contribution in [-0.4, -0.2) is 10.8 Å². The van der Waals surface area contributed by atoms with E-state index in [2.05, 4.69) is 0 Å². The molecule has 0 saturated heterocycles. The SMILES string of the molecule is Cc1ccc([N+](=O)[O-])c(Oc2ccc(C)cc2C(=N)N)c1. The monoisotopic (exact) mass is 285 g/mol. The van der Waals surface area contributed by atoms with Gasteiger partial charge >= 0.3 is 5.69 Å². The molecule has 0 bridgehead atoms. The normalized spacial score (nSPS) is 10.2. The lowest BCUT2D eigenvalue weighted by molar-refractivity contribution is -0.385. The van der Waals surface area contributed by atoms with Crippen molar-refractivity contribution in [3.63, 3.8) is 0 Å². The molecule has 6 heteroatoms. The summed E-state index contributed by atoms with van der Waals surface area (Å²) in [6.07, 6.45) is 0. The Kier molecular flexibility index (Phi) is 3.89. The van der Waals surface area contributed by atoms with Crippen LogP contribution in [0.25, 0.3) is 0 Å². The van der Waals surface area contributed by atoms with E-state index in [0.29, 0.717) is 11.3 Å². The van der Waals surface area contributed by atoms with Gasteiger partial charge in [-0.25, -0.2) is 0 Å². The smallest absolute Gasteiger partial charge is 0.311 e. The standard InChI is InChI=1S/C15H15N3O3/c1-9-4-6-13(11(7-9)15(16)17)21-14-8-10(2)3-5-12(14)18(19)20/h3-8H,1-2H3,(H3,16,17). The summed E-state index contributed by atoms with van der Waals surface area (Å²) in [6, 6.07) is 9.78. The topological polar surface area (TPSA) is 102 Å². The number of rotatable bonds is 4. The molecule has 0 aliphatic carbocycles. The Bertz CT molecular complexity index is 726. The van der Waals surface area contributed by atoms with Crippen LogP contribution in [0.2, 0.25) is 0 Å². The lowest BCUT2D eigenvalue weighted by Gasteiger charge is -2.11. The number of nitro benzene ring substituents is 1. The van der Waals surface area contributed by atoms with Gasteiger partial charge in [-0.15, -0.1) is 0 Å². The quantitative estimate of drug-likeness (QED) is 0.389. The highest BCUT2D eigenvalue weighted by atomic mass is 16.6. The molecule has 6 nitrogen and oxygen atoms in total. The number of nitro groups is 1. The Morgan fingerprint density at radius 1 is 1.14 bits per heavy atom. The lowest BCUT2D eigenvalue weighted by Crippen LogP contribution is -2.12. The molecule has 0 heterocycles. The molecule has 21 heavy (non-hydrogen) atoms. The summed E-state index contributed by atoms with van der Waals surface area (Å²) in [4.78, 5) is 10.6. The van der Waals surface area contributed by atoms with Gasteiger partial charge in [-0.2, -0.15) is 0 Å². The maximum Gasteiger partial charge on any atom is 0.311 e. The Morgan fingerprint density at radius 3 is 2.38 bits per heavy atom. The zero-order valence-electron chi connectivity index (χ0n) is 11.7. The number of nitrogen functional groups attached to an aromatic ring is 1. The van der Waals surface area contributed by atoms with Crippen molar-refractivity contribution < 1.29 is 9.66 Å². The molecule has 0 aliphatic rings. The molecule has 0 radical (unpaired) electrons. The van der Waals surface area contributed by atoms with E-state index in [0.717, 1.165) is 11.1 Å². The van der Waals surface area contributed by atoms with Crippen molar-refractivity contribution in [3.05, 3.63) is 63.2 Å². The van der Waals surface area contributed by atoms with Crippen molar-refractivity contribution in [1.29, 1.82) is 5.41 Å². The zero-order valence-corrected chi connectivity index (χ0v) is 11.7. The number of benzene rings is 2. The molecule has 0 saturated carbocycles. The van der Waals surface area contributed by atoms with Gasteiger partial charge < -0.3 is 10.5 Å². The van der Waals surface area contributed by atoms with Crippen LogP contribution in [0.3, 0.4) is 0 Å². The van der Waals surface area contributed by atoms with Crippen molar-refractivity contribution in [1.82, 2.24) is 0 Å². The first-order chi connectivity index (χ1) is 9.88. The van der Waals surface area contributed by atoms with Crippen LogP contribution < -0.4 is 10.5 Å². The van der Waals surface area contributed by atoms with Crippen LogP contribution in [0.5, 0.6) is 11.5 Å². The van der Waals surface area contributed by atoms with Crippen LogP contribution >= 0.6 is 0 Å². The van der Waals surface area contributed by atoms with Crippen molar-refractivity contribution in [2.75, 3.05) is 0 Å². The van der Waals surface area contributed by atoms with E-state index in [1.165, 1.54) is 6.07 Å². The van der Waals surface area contributed by atoms with Gasteiger partial charge in [0.2, 0.25) is 5.75 Å². The first-order valence-electron chi connectivity index (χ1n) is 6.26. The average molecular weight is 285 g/mol. The number of hydrogen-bond donors (Lipinski definition) is 2. The maximum absolute atomic E-state index is 11.1. The van der Waals surface area contributed by atoms with Crippen molar-refractivity contribution in [2.45, 2.75) is 13.8 Å². The number of hydrogen-bond acceptors (Lipinski definition) is 4. The van der Waals surface area contributed by atoms with Crippen LogP contribution in [0.1, 0.15) is 16.7 Å². The van der Waals surface area contributed by atoms with Gasteiger partial charge in [0.25, 0.3) is 0 Å². The summed E-state index contributed by atoms with van der Waals surface area (Å²) in [6.45, 7) is 3.68. The summed E-state index contributed by atoms with van der Waals surface area (Å²) >= 11 is 0. The molecule has 0 unspecified atom stereocenters. The van der Waals surface area contributed by atoms with Crippen LogP contribution in [0.4, 0.5) is 5.69 Å². The second-order valence-electron chi connectivity index (χ2n) is 4.74. The second kappa shape index (κ2) is 5.62. The van der Waals surface area contributed by atoms with Gasteiger partial charge in [-0.3, -0.25) is 15.5 Å². The zero-order chi connectivity index (χ0) is 15.6. The molecule has 3 N–H and O–H groups in total. The largest absolute Gasteiger partial charge is 0.449 e. The third kappa shape index (κ3) is 3.17. The molecule has 0 aromatic heterocycles. The van der Waals surface area contributed by atoms with Crippen LogP contribution in [-0.2, 0) is 0 Å². The first kappa shape index (κ1) is 14.5. The molecular weight excluding hydrogens is 270 g/mol. The van der Waals surface area contributed by atoms with Gasteiger partial charge in [-0.1, -0.05) is 17.7 Å². The van der Waals surface area contributed by atoms with E-state index < -0.39 is 4.92 Å². The Hall–Kier alpha value is -2.89. The van der Waals surface area contributed by atoms with Crippen molar-refractivity contribution in [2.24, 2.45) is 5.73 Å². The highest BCUT2D eigenvalue weighted by molar-refractivity contribution is 5.97. The molecule has 2 aromatic rings. The number of ether oxygens (including phenoxy) is 1. The van der Waals surface area contributed by atoms with Crippen LogP contribution in [0.15, 0.2) is 36.4 Å². The highest BCUT2D eigenvalue weighted by Crippen LogP contribution is 2.33. The van der Waals surface area contributed by atoms with Gasteiger partial charge in [-0.05, 0) is 37.6 Å². The third-order valence-corrected chi connectivity index (χ3v) is 2.96. The summed E-state index contributed by atoms with van der Waals surface area (Å²) in [5.74, 6) is 0.303. The maximum atomic E-state index is 11.1. The van der Waals surface area contributed by atoms with Gasteiger partial charge in [0.1, 0.15) is 11.6 Å². The fraction of sp³-hybridized carbons (Fsp3) is 0.133. The number of amidine groups is 1. The van der Waals surface area contributed by atoms with E-state index in [1.54, 1.807) is 30.3 Å². The minimum absolute atomic E-state index is 0.129. The molecular formula is C15H15N3O3. The number of nitrogens with one attached hydrogen (secondary N) is 1. The summed E-state index contributed by atoms with van der Waals surface area (Å²) in [5, 5.41) is 18.6. The van der Waals surface area contributed by atoms with Gasteiger partial charge in [0.05, 0.1) is 10.5 Å². The highest BCUT2D eigenvalue weighted by Gasteiger charge is 2.17. The van der Waals surface area contributed by atoms with E-state index in [1.807, 2.05) is 13.8 Å². The van der Waals surface area contributed by atoms with Crippen LogP contribution in [0, 0.1) is 29.4 Å². The fourth-order valence-electron chi connectivity index (χ4n) is 1.92. The summed E-state index contributed by atoms with van der Waals surface area (Å²) < 4.78 is 5.64. The molecule has 0 atom stereocenters. The molecule has 0 fully saturated rings. The molecule has 0 amide bonds. The first-order valence-corrected chi connectivity index (χ1v) is 6.26. The van der Waals surface area contributed by atoms with E-state index in [9.17, 15) is 10.1 Å². The predicted octanol–water partition coefficient (Wildman–Crippen LogP) is 3.29. The van der Waals surface area contributed by atoms with Crippen molar-refractivity contribution in [3.8, 4) is 11.5 Å².